The number of aliphatic imine (C=N–C) groups is 1. The molecule has 1 aliphatic carbocycles. The summed E-state index contributed by atoms with van der Waals surface area (Å²) in [4.78, 5) is 6.68. The first-order valence-corrected chi connectivity index (χ1v) is 9.97. The monoisotopic (exact) mass is 354 g/mol. The zero-order valence-electron chi connectivity index (χ0n) is 16.5. The van der Waals surface area contributed by atoms with Gasteiger partial charge in [-0.15, -0.1) is 0 Å². The van der Waals surface area contributed by atoms with E-state index in [1.807, 2.05) is 7.05 Å². The second-order valence-electron chi connectivity index (χ2n) is 7.57. The molecule has 2 N–H and O–H groups in total. The van der Waals surface area contributed by atoms with Crippen LogP contribution in [0.15, 0.2) is 4.99 Å². The minimum atomic E-state index is 0.146. The summed E-state index contributed by atoms with van der Waals surface area (Å²) in [6, 6.07) is 0. The molecular formula is C19H38N4O2. The van der Waals surface area contributed by atoms with E-state index in [1.54, 1.807) is 0 Å². The Bertz CT molecular complexity index is 387. The van der Waals surface area contributed by atoms with Crippen molar-refractivity contribution < 1.29 is 9.47 Å². The zero-order valence-corrected chi connectivity index (χ0v) is 16.5. The van der Waals surface area contributed by atoms with Crippen molar-refractivity contribution in [3.05, 3.63) is 0 Å². The first-order chi connectivity index (χ1) is 12.2. The van der Waals surface area contributed by atoms with Crippen LogP contribution in [0, 0.1) is 0 Å². The third-order valence-corrected chi connectivity index (χ3v) is 5.73. The molecule has 0 aromatic heterocycles. The standard InChI is InChI=1S/C19H38N4O2/c1-20-18(21-12-15-25-17-8-6-4-5-7-9-17)22-16-19(23(2)3)10-13-24-14-11-19/h17H,4-16H2,1-3H3,(H2,20,21,22). The minimum absolute atomic E-state index is 0.146. The van der Waals surface area contributed by atoms with Gasteiger partial charge in [-0.3, -0.25) is 4.99 Å². The van der Waals surface area contributed by atoms with Gasteiger partial charge in [-0.25, -0.2) is 0 Å². The highest BCUT2D eigenvalue weighted by molar-refractivity contribution is 5.79. The summed E-state index contributed by atoms with van der Waals surface area (Å²) < 4.78 is 11.6. The third-order valence-electron chi connectivity index (χ3n) is 5.73. The van der Waals surface area contributed by atoms with Crippen molar-refractivity contribution in [2.24, 2.45) is 4.99 Å². The summed E-state index contributed by atoms with van der Waals surface area (Å²) in [5.74, 6) is 0.859. The van der Waals surface area contributed by atoms with Crippen LogP contribution in [0.5, 0.6) is 0 Å². The SMILES string of the molecule is CN=C(NCCOC1CCCCCC1)NCC1(N(C)C)CCOCC1. The summed E-state index contributed by atoms with van der Waals surface area (Å²) >= 11 is 0. The van der Waals surface area contributed by atoms with Gasteiger partial charge in [0.15, 0.2) is 5.96 Å². The lowest BCUT2D eigenvalue weighted by Gasteiger charge is -2.43. The van der Waals surface area contributed by atoms with Crippen LogP contribution < -0.4 is 10.6 Å². The van der Waals surface area contributed by atoms with E-state index >= 15 is 0 Å². The molecule has 1 saturated carbocycles. The van der Waals surface area contributed by atoms with Crippen LogP contribution in [0.3, 0.4) is 0 Å². The molecule has 0 unspecified atom stereocenters. The second-order valence-corrected chi connectivity index (χ2v) is 7.57. The number of guanidine groups is 1. The van der Waals surface area contributed by atoms with Gasteiger partial charge in [-0.1, -0.05) is 25.7 Å². The maximum atomic E-state index is 6.04. The molecule has 1 aliphatic heterocycles. The number of nitrogens with zero attached hydrogens (tertiary/aromatic N) is 2. The highest BCUT2D eigenvalue weighted by Crippen LogP contribution is 2.25. The maximum Gasteiger partial charge on any atom is 0.191 e. The number of hydrogen-bond donors (Lipinski definition) is 2. The average molecular weight is 355 g/mol. The summed E-state index contributed by atoms with van der Waals surface area (Å²) in [7, 11) is 6.14. The van der Waals surface area contributed by atoms with Gasteiger partial charge < -0.3 is 25.0 Å². The molecule has 6 nitrogen and oxygen atoms in total. The van der Waals surface area contributed by atoms with Crippen LogP contribution in [0.2, 0.25) is 0 Å². The van der Waals surface area contributed by atoms with Crippen molar-refractivity contribution in [1.29, 1.82) is 0 Å². The fourth-order valence-electron chi connectivity index (χ4n) is 3.81. The van der Waals surface area contributed by atoms with Crippen LogP contribution in [-0.2, 0) is 9.47 Å². The molecule has 0 aromatic rings. The van der Waals surface area contributed by atoms with Crippen LogP contribution >= 0.6 is 0 Å². The van der Waals surface area contributed by atoms with E-state index in [0.717, 1.165) is 51.7 Å². The number of hydrogen-bond acceptors (Lipinski definition) is 4. The number of rotatable bonds is 7. The Labute approximate surface area is 153 Å². The lowest BCUT2D eigenvalue weighted by Crippen LogP contribution is -2.57. The first kappa shape index (κ1) is 20.5. The highest BCUT2D eigenvalue weighted by atomic mass is 16.5. The van der Waals surface area contributed by atoms with E-state index in [2.05, 4.69) is 34.6 Å². The number of nitrogens with one attached hydrogen (secondary N) is 2. The van der Waals surface area contributed by atoms with Gasteiger partial charge >= 0.3 is 0 Å². The van der Waals surface area contributed by atoms with Crippen molar-refractivity contribution in [2.75, 3.05) is 54.1 Å². The Morgan fingerprint density at radius 2 is 1.80 bits per heavy atom. The quantitative estimate of drug-likeness (QED) is 0.317. The van der Waals surface area contributed by atoms with Gasteiger partial charge in [0.2, 0.25) is 0 Å². The lowest BCUT2D eigenvalue weighted by molar-refractivity contribution is -0.00503. The normalized spacial score (nSPS) is 22.6. The first-order valence-electron chi connectivity index (χ1n) is 9.97. The maximum absolute atomic E-state index is 6.04. The number of likely N-dealkylation sites (N-methyl/N-ethyl adjacent to an activating group) is 1. The van der Waals surface area contributed by atoms with Crippen molar-refractivity contribution in [2.45, 2.75) is 63.0 Å². The largest absolute Gasteiger partial charge is 0.381 e. The molecule has 146 valence electrons. The molecular weight excluding hydrogens is 316 g/mol. The van der Waals surface area contributed by atoms with Gasteiger partial charge in [-0.05, 0) is 39.8 Å². The van der Waals surface area contributed by atoms with Crippen molar-refractivity contribution in [1.82, 2.24) is 15.5 Å². The Kier molecular flexibility index (Phi) is 8.99. The van der Waals surface area contributed by atoms with E-state index in [4.69, 9.17) is 9.47 Å². The van der Waals surface area contributed by atoms with Gasteiger partial charge in [0, 0.05) is 38.9 Å². The summed E-state index contributed by atoms with van der Waals surface area (Å²) in [6.07, 6.45) is 10.4. The second kappa shape index (κ2) is 11.0. The smallest absolute Gasteiger partial charge is 0.191 e. The minimum Gasteiger partial charge on any atom is -0.381 e. The summed E-state index contributed by atoms with van der Waals surface area (Å²) in [5.41, 5.74) is 0.146. The molecule has 0 bridgehead atoms. The van der Waals surface area contributed by atoms with E-state index in [-0.39, 0.29) is 5.54 Å². The van der Waals surface area contributed by atoms with Crippen LogP contribution in [-0.4, -0.2) is 76.6 Å². The van der Waals surface area contributed by atoms with Crippen LogP contribution in [0.1, 0.15) is 51.4 Å². The Balaban J connectivity index is 1.67. The molecule has 0 aromatic carbocycles. The zero-order chi connectivity index (χ0) is 18.0. The summed E-state index contributed by atoms with van der Waals surface area (Å²) in [6.45, 7) is 4.10. The van der Waals surface area contributed by atoms with Crippen molar-refractivity contribution >= 4 is 5.96 Å². The van der Waals surface area contributed by atoms with Crippen molar-refractivity contribution in [3.63, 3.8) is 0 Å². The van der Waals surface area contributed by atoms with Crippen LogP contribution in [0.4, 0.5) is 0 Å². The average Bonchev–Trinajstić information content (AvgIpc) is 2.90. The molecule has 2 fully saturated rings. The van der Waals surface area contributed by atoms with Gasteiger partial charge in [0.05, 0.1) is 12.7 Å². The van der Waals surface area contributed by atoms with Gasteiger partial charge in [-0.2, -0.15) is 0 Å². The molecule has 2 rings (SSSR count). The third kappa shape index (κ3) is 6.76. The van der Waals surface area contributed by atoms with E-state index in [9.17, 15) is 0 Å². The predicted molar refractivity (Wildman–Crippen MR) is 103 cm³/mol. The Morgan fingerprint density at radius 1 is 1.12 bits per heavy atom. The molecule has 25 heavy (non-hydrogen) atoms. The Morgan fingerprint density at radius 3 is 2.40 bits per heavy atom. The molecule has 0 spiro atoms. The molecule has 0 amide bonds. The topological polar surface area (TPSA) is 58.1 Å². The summed E-state index contributed by atoms with van der Waals surface area (Å²) in [5, 5.41) is 6.88. The molecule has 1 heterocycles. The number of ether oxygens (including phenoxy) is 2. The molecule has 6 heteroatoms. The van der Waals surface area contributed by atoms with Crippen molar-refractivity contribution in [3.8, 4) is 0 Å². The molecule has 0 radical (unpaired) electrons. The highest BCUT2D eigenvalue weighted by Gasteiger charge is 2.34. The molecule has 1 saturated heterocycles. The molecule has 2 aliphatic rings. The lowest BCUT2D eigenvalue weighted by atomic mass is 9.88. The van der Waals surface area contributed by atoms with Gasteiger partial charge in [0.25, 0.3) is 0 Å². The van der Waals surface area contributed by atoms with E-state index < -0.39 is 0 Å². The van der Waals surface area contributed by atoms with E-state index in [0.29, 0.717) is 6.10 Å². The fraction of sp³-hybridized carbons (Fsp3) is 0.947. The van der Waals surface area contributed by atoms with Crippen LogP contribution in [0.25, 0.3) is 0 Å². The Hall–Kier alpha value is -0.850. The predicted octanol–water partition coefficient (Wildman–Crippen LogP) is 2.00. The fourth-order valence-corrected chi connectivity index (χ4v) is 3.81. The van der Waals surface area contributed by atoms with E-state index in [1.165, 1.54) is 38.5 Å². The van der Waals surface area contributed by atoms with Gasteiger partial charge in [0.1, 0.15) is 0 Å². The molecule has 0 atom stereocenters.